The predicted octanol–water partition coefficient (Wildman–Crippen LogP) is 2.59. The number of hydrogen-bond acceptors (Lipinski definition) is 7. The van der Waals surface area contributed by atoms with E-state index in [1.165, 1.54) is 0 Å². The lowest BCUT2D eigenvalue weighted by molar-refractivity contribution is -0.129. The molecule has 184 valence electrons. The van der Waals surface area contributed by atoms with Crippen molar-refractivity contribution in [3.05, 3.63) is 42.2 Å². The summed E-state index contributed by atoms with van der Waals surface area (Å²) in [6.07, 6.45) is 6.38. The van der Waals surface area contributed by atoms with Crippen LogP contribution in [0, 0.1) is 0 Å². The predicted molar refractivity (Wildman–Crippen MR) is 135 cm³/mol. The van der Waals surface area contributed by atoms with Crippen molar-refractivity contribution in [2.24, 2.45) is 0 Å². The van der Waals surface area contributed by atoms with Crippen LogP contribution < -0.4 is 15.5 Å². The molecule has 0 atom stereocenters. The molecule has 1 saturated heterocycles. The number of aliphatic hydroxyl groups is 1. The summed E-state index contributed by atoms with van der Waals surface area (Å²) < 4.78 is 0. The first-order valence-corrected chi connectivity index (χ1v) is 12.2. The van der Waals surface area contributed by atoms with Crippen molar-refractivity contribution in [2.45, 2.75) is 44.8 Å². The Balaban J connectivity index is 1.32. The summed E-state index contributed by atoms with van der Waals surface area (Å²) in [4.78, 5) is 41.0. The number of piperazine rings is 1. The van der Waals surface area contributed by atoms with Crippen molar-refractivity contribution in [1.29, 1.82) is 0 Å². The number of anilines is 3. The molecule has 1 aromatic carbocycles. The average Bonchev–Trinajstić information content (AvgIpc) is 3.30. The first-order valence-electron chi connectivity index (χ1n) is 12.2. The molecule has 4 N–H and O–H groups in total. The maximum Gasteiger partial charge on any atom is 0.259 e. The Morgan fingerprint density at radius 3 is 2.60 bits per heavy atom. The van der Waals surface area contributed by atoms with Crippen LogP contribution in [0.25, 0.3) is 10.9 Å². The minimum atomic E-state index is -0.253. The summed E-state index contributed by atoms with van der Waals surface area (Å²) in [7, 11) is 0. The van der Waals surface area contributed by atoms with Gasteiger partial charge in [0.1, 0.15) is 5.82 Å². The van der Waals surface area contributed by atoms with Gasteiger partial charge in [0.05, 0.1) is 11.7 Å². The lowest BCUT2D eigenvalue weighted by Gasteiger charge is -2.36. The molecule has 2 aliphatic rings. The molecular formula is C25H31N7O3. The zero-order chi connectivity index (χ0) is 24.4. The van der Waals surface area contributed by atoms with Gasteiger partial charge in [0.25, 0.3) is 5.91 Å². The summed E-state index contributed by atoms with van der Waals surface area (Å²) in [6.45, 7) is 4.34. The van der Waals surface area contributed by atoms with E-state index in [0.29, 0.717) is 43.5 Å². The highest BCUT2D eigenvalue weighted by Gasteiger charge is 2.24. The normalized spacial score (nSPS) is 20.6. The van der Waals surface area contributed by atoms with Gasteiger partial charge in [-0.05, 0) is 43.9 Å². The molecule has 0 unspecified atom stereocenters. The molecule has 2 fully saturated rings. The summed E-state index contributed by atoms with van der Waals surface area (Å²) in [5.74, 6) is 0.721. The highest BCUT2D eigenvalue weighted by molar-refractivity contribution is 6.15. The van der Waals surface area contributed by atoms with Crippen LogP contribution >= 0.6 is 0 Å². The standard InChI is InChI=1S/C25H31N7O3/c1-16(33)31-11-13-32(14-12-31)21-4-2-3-20-23(21)19(15-27-20)24(35)29-22-9-10-26-25(30-22)28-17-5-7-18(34)8-6-17/h2-4,9-10,15,17-18,27,34H,5-8,11-14H2,1H3,(H2,26,28,29,30,35). The highest BCUT2D eigenvalue weighted by Crippen LogP contribution is 2.31. The van der Waals surface area contributed by atoms with Crippen LogP contribution in [0.4, 0.5) is 17.5 Å². The smallest absolute Gasteiger partial charge is 0.259 e. The van der Waals surface area contributed by atoms with Crippen molar-refractivity contribution < 1.29 is 14.7 Å². The second-order valence-electron chi connectivity index (χ2n) is 9.26. The molecule has 3 aromatic rings. The zero-order valence-corrected chi connectivity index (χ0v) is 19.8. The first-order chi connectivity index (χ1) is 17.0. The van der Waals surface area contributed by atoms with Gasteiger partial charge in [-0.15, -0.1) is 0 Å². The number of rotatable bonds is 5. The monoisotopic (exact) mass is 477 g/mol. The molecule has 10 heteroatoms. The van der Waals surface area contributed by atoms with E-state index in [0.717, 1.165) is 42.3 Å². The molecule has 3 heterocycles. The van der Waals surface area contributed by atoms with Gasteiger partial charge in [0.15, 0.2) is 0 Å². The van der Waals surface area contributed by atoms with Gasteiger partial charge in [-0.2, -0.15) is 4.98 Å². The molecule has 1 aliphatic heterocycles. The molecule has 10 nitrogen and oxygen atoms in total. The van der Waals surface area contributed by atoms with Crippen molar-refractivity contribution in [2.75, 3.05) is 41.7 Å². The number of aromatic nitrogens is 3. The fourth-order valence-corrected chi connectivity index (χ4v) is 4.95. The van der Waals surface area contributed by atoms with Crippen LogP contribution in [0.2, 0.25) is 0 Å². The Kier molecular flexibility index (Phi) is 6.54. The van der Waals surface area contributed by atoms with Gasteiger partial charge < -0.3 is 30.5 Å². The Morgan fingerprint density at radius 1 is 1.09 bits per heavy atom. The number of hydrogen-bond donors (Lipinski definition) is 4. The van der Waals surface area contributed by atoms with Gasteiger partial charge >= 0.3 is 0 Å². The van der Waals surface area contributed by atoms with E-state index in [1.54, 1.807) is 25.4 Å². The fraction of sp³-hybridized carbons (Fsp3) is 0.440. The summed E-state index contributed by atoms with van der Waals surface area (Å²) in [6, 6.07) is 7.83. The molecule has 5 rings (SSSR count). The van der Waals surface area contributed by atoms with E-state index >= 15 is 0 Å². The van der Waals surface area contributed by atoms with E-state index in [-0.39, 0.29) is 24.0 Å². The molecule has 35 heavy (non-hydrogen) atoms. The Bertz CT molecular complexity index is 1210. The summed E-state index contributed by atoms with van der Waals surface area (Å²) in [5.41, 5.74) is 2.40. The summed E-state index contributed by atoms with van der Waals surface area (Å²) in [5, 5.41) is 16.8. The Morgan fingerprint density at radius 2 is 1.86 bits per heavy atom. The van der Waals surface area contributed by atoms with Gasteiger partial charge in [-0.25, -0.2) is 4.98 Å². The Labute approximate surface area is 203 Å². The van der Waals surface area contributed by atoms with E-state index in [9.17, 15) is 14.7 Å². The lowest BCUT2D eigenvalue weighted by atomic mass is 9.93. The van der Waals surface area contributed by atoms with E-state index in [1.807, 2.05) is 23.1 Å². The maximum absolute atomic E-state index is 13.3. The number of aliphatic hydroxyl groups excluding tert-OH is 1. The number of carbonyl (C=O) groups excluding carboxylic acids is 2. The number of amides is 2. The average molecular weight is 478 g/mol. The fourth-order valence-electron chi connectivity index (χ4n) is 4.95. The third-order valence-electron chi connectivity index (χ3n) is 6.92. The molecule has 1 saturated carbocycles. The van der Waals surface area contributed by atoms with Gasteiger partial charge in [0, 0.05) is 68.1 Å². The minimum Gasteiger partial charge on any atom is -0.393 e. The second-order valence-corrected chi connectivity index (χ2v) is 9.26. The number of fused-ring (bicyclic) bond motifs is 1. The SMILES string of the molecule is CC(=O)N1CCN(c2cccc3[nH]cc(C(=O)Nc4ccnc(NC5CCC(O)CC5)n4)c23)CC1. The van der Waals surface area contributed by atoms with E-state index < -0.39 is 0 Å². The van der Waals surface area contributed by atoms with Crippen molar-refractivity contribution >= 4 is 40.2 Å². The number of nitrogens with zero attached hydrogens (tertiary/aromatic N) is 4. The molecule has 0 radical (unpaired) electrons. The minimum absolute atomic E-state index is 0.0874. The quantitative estimate of drug-likeness (QED) is 0.445. The van der Waals surface area contributed by atoms with Gasteiger partial charge in [0.2, 0.25) is 11.9 Å². The Hall–Kier alpha value is -3.66. The number of carbonyl (C=O) groups is 2. The first kappa shape index (κ1) is 23.1. The topological polar surface area (TPSA) is 126 Å². The molecule has 0 bridgehead atoms. The van der Waals surface area contributed by atoms with Gasteiger partial charge in [-0.1, -0.05) is 6.07 Å². The number of H-pyrrole nitrogens is 1. The van der Waals surface area contributed by atoms with Crippen LogP contribution in [-0.2, 0) is 4.79 Å². The van der Waals surface area contributed by atoms with Crippen molar-refractivity contribution in [3.63, 3.8) is 0 Å². The van der Waals surface area contributed by atoms with Gasteiger partial charge in [-0.3, -0.25) is 9.59 Å². The second kappa shape index (κ2) is 9.91. The van der Waals surface area contributed by atoms with E-state index in [2.05, 4.69) is 30.5 Å². The van der Waals surface area contributed by atoms with Crippen LogP contribution in [0.15, 0.2) is 36.7 Å². The number of benzene rings is 1. The molecular weight excluding hydrogens is 446 g/mol. The molecule has 1 aliphatic carbocycles. The molecule has 2 amide bonds. The number of nitrogens with one attached hydrogen (secondary N) is 3. The molecule has 2 aromatic heterocycles. The third kappa shape index (κ3) is 5.07. The number of aromatic amines is 1. The van der Waals surface area contributed by atoms with Crippen LogP contribution in [0.5, 0.6) is 0 Å². The maximum atomic E-state index is 13.3. The van der Waals surface area contributed by atoms with Crippen LogP contribution in [0.1, 0.15) is 43.0 Å². The van der Waals surface area contributed by atoms with Crippen molar-refractivity contribution in [1.82, 2.24) is 19.9 Å². The van der Waals surface area contributed by atoms with Crippen LogP contribution in [0.3, 0.4) is 0 Å². The van der Waals surface area contributed by atoms with E-state index in [4.69, 9.17) is 0 Å². The largest absolute Gasteiger partial charge is 0.393 e. The zero-order valence-electron chi connectivity index (χ0n) is 19.8. The third-order valence-corrected chi connectivity index (χ3v) is 6.92. The summed E-state index contributed by atoms with van der Waals surface area (Å²) >= 11 is 0. The molecule has 0 spiro atoms. The highest BCUT2D eigenvalue weighted by atomic mass is 16.3. The lowest BCUT2D eigenvalue weighted by Crippen LogP contribution is -2.48. The van der Waals surface area contributed by atoms with Crippen LogP contribution in [-0.4, -0.2) is 75.1 Å². The van der Waals surface area contributed by atoms with Crippen molar-refractivity contribution in [3.8, 4) is 0 Å².